The Morgan fingerprint density at radius 2 is 1.87 bits per heavy atom. The quantitative estimate of drug-likeness (QED) is 0.503. The smallest absolute Gasteiger partial charge is 0.259 e. The number of hydrogen-bond acceptors (Lipinski definition) is 5. The van der Waals surface area contributed by atoms with Crippen LogP contribution in [-0.4, -0.2) is 70.6 Å². The zero-order valence-corrected chi connectivity index (χ0v) is 21.8. The number of fused-ring (bicyclic) bond motifs is 1. The summed E-state index contributed by atoms with van der Waals surface area (Å²) in [6.07, 6.45) is 4.97. The predicted molar refractivity (Wildman–Crippen MR) is 144 cm³/mol. The number of halogens is 1. The Bertz CT molecular complexity index is 1300. The van der Waals surface area contributed by atoms with Crippen LogP contribution in [0.3, 0.4) is 0 Å². The van der Waals surface area contributed by atoms with E-state index in [9.17, 15) is 19.1 Å². The fourth-order valence-corrected chi connectivity index (χ4v) is 4.35. The second kappa shape index (κ2) is 12.0. The van der Waals surface area contributed by atoms with Crippen molar-refractivity contribution in [1.29, 1.82) is 0 Å². The molecule has 1 aliphatic heterocycles. The lowest BCUT2D eigenvalue weighted by molar-refractivity contribution is 0.0313. The number of carbonyl (C=O) groups is 2. The Morgan fingerprint density at radius 3 is 2.55 bits per heavy atom. The number of hydrogen-bond donors (Lipinski definition) is 1. The molecule has 0 unspecified atom stereocenters. The molecular formula is C30H32FN3O4. The van der Waals surface area contributed by atoms with Crippen molar-refractivity contribution in [2.45, 2.75) is 26.0 Å². The van der Waals surface area contributed by atoms with E-state index < -0.39 is 18.0 Å². The largest absolute Gasteiger partial charge is 0.472 e. The summed E-state index contributed by atoms with van der Waals surface area (Å²) in [7, 11) is 1.66. The summed E-state index contributed by atoms with van der Waals surface area (Å²) >= 11 is 0. The van der Waals surface area contributed by atoms with Gasteiger partial charge in [-0.15, -0.1) is 0 Å². The number of likely N-dealkylation sites (N-methyl/N-ethyl adjacent to an activating group) is 1. The fourth-order valence-electron chi connectivity index (χ4n) is 4.35. The van der Waals surface area contributed by atoms with Crippen LogP contribution in [0.25, 0.3) is 12.2 Å². The molecule has 38 heavy (non-hydrogen) atoms. The molecule has 7 nitrogen and oxygen atoms in total. The molecule has 3 aromatic rings. The standard InChI is InChI=1S/C30H32FN3O4/c1-20-17-34(21(2)19-35)30(37)26-15-23(10-9-22-7-5-4-6-8-22)16-32-28(26)38-27(20)18-33(3)29(36)24-11-13-25(31)14-12-24/h4-16,20-21,27,35H,17-19H2,1-3H3/b10-9+/t20-,21-,27+/m1/s1. The van der Waals surface area contributed by atoms with E-state index in [0.29, 0.717) is 17.7 Å². The zero-order chi connectivity index (χ0) is 27.2. The van der Waals surface area contributed by atoms with Gasteiger partial charge in [-0.3, -0.25) is 9.59 Å². The van der Waals surface area contributed by atoms with Crippen LogP contribution in [0.5, 0.6) is 5.88 Å². The molecule has 2 amide bonds. The van der Waals surface area contributed by atoms with Gasteiger partial charge in [-0.2, -0.15) is 0 Å². The van der Waals surface area contributed by atoms with Crippen molar-refractivity contribution in [3.8, 4) is 5.88 Å². The molecular weight excluding hydrogens is 485 g/mol. The number of aromatic nitrogens is 1. The van der Waals surface area contributed by atoms with Crippen LogP contribution in [0.2, 0.25) is 0 Å². The van der Waals surface area contributed by atoms with E-state index >= 15 is 0 Å². The van der Waals surface area contributed by atoms with Gasteiger partial charge in [0.2, 0.25) is 5.88 Å². The molecule has 1 N–H and O–H groups in total. The van der Waals surface area contributed by atoms with Gasteiger partial charge in [-0.25, -0.2) is 9.37 Å². The topological polar surface area (TPSA) is 83.0 Å². The molecule has 2 aromatic carbocycles. The lowest BCUT2D eigenvalue weighted by atomic mass is 9.99. The first kappa shape index (κ1) is 27.0. The minimum atomic E-state index is -0.483. The fraction of sp³-hybridized carbons (Fsp3) is 0.300. The summed E-state index contributed by atoms with van der Waals surface area (Å²) < 4.78 is 19.6. The molecule has 198 valence electrons. The number of benzene rings is 2. The molecule has 0 spiro atoms. The van der Waals surface area contributed by atoms with Gasteiger partial charge in [-0.05, 0) is 48.4 Å². The van der Waals surface area contributed by atoms with Gasteiger partial charge in [0.1, 0.15) is 17.5 Å². The van der Waals surface area contributed by atoms with Crippen LogP contribution in [0, 0.1) is 11.7 Å². The molecule has 4 rings (SSSR count). The van der Waals surface area contributed by atoms with Crippen LogP contribution < -0.4 is 4.74 Å². The molecule has 0 saturated heterocycles. The lowest BCUT2D eigenvalue weighted by Crippen LogP contribution is -2.50. The molecule has 1 aromatic heterocycles. The summed E-state index contributed by atoms with van der Waals surface area (Å²) in [5, 5.41) is 9.86. The second-order valence-corrected chi connectivity index (χ2v) is 9.68. The summed E-state index contributed by atoms with van der Waals surface area (Å²) in [5.74, 6) is -0.950. The molecule has 0 saturated carbocycles. The maximum atomic E-state index is 13.6. The third-order valence-electron chi connectivity index (χ3n) is 6.70. The van der Waals surface area contributed by atoms with Crippen molar-refractivity contribution in [2.75, 3.05) is 26.7 Å². The highest BCUT2D eigenvalue weighted by molar-refractivity contribution is 5.97. The average molecular weight is 518 g/mol. The number of rotatable bonds is 7. The van der Waals surface area contributed by atoms with Crippen LogP contribution in [0.1, 0.15) is 45.7 Å². The monoisotopic (exact) mass is 517 g/mol. The van der Waals surface area contributed by atoms with Crippen molar-refractivity contribution in [2.24, 2.45) is 5.92 Å². The molecule has 1 aliphatic rings. The number of carbonyl (C=O) groups excluding carboxylic acids is 2. The van der Waals surface area contributed by atoms with E-state index in [1.54, 1.807) is 31.1 Å². The highest BCUT2D eigenvalue weighted by Gasteiger charge is 2.34. The van der Waals surface area contributed by atoms with E-state index in [4.69, 9.17) is 4.74 Å². The SMILES string of the molecule is C[C@@H]1CN([C@H](C)CO)C(=O)c2cc(/C=C/c3ccccc3)cnc2O[C@H]1CN(C)C(=O)c1ccc(F)cc1. The van der Waals surface area contributed by atoms with Crippen molar-refractivity contribution >= 4 is 24.0 Å². The predicted octanol–water partition coefficient (Wildman–Crippen LogP) is 4.38. The highest BCUT2D eigenvalue weighted by atomic mass is 19.1. The Balaban J connectivity index is 1.63. The molecule has 0 fully saturated rings. The van der Waals surface area contributed by atoms with Crippen LogP contribution >= 0.6 is 0 Å². The van der Waals surface area contributed by atoms with Crippen molar-refractivity contribution in [1.82, 2.24) is 14.8 Å². The van der Waals surface area contributed by atoms with Gasteiger partial charge in [0, 0.05) is 31.3 Å². The van der Waals surface area contributed by atoms with Crippen molar-refractivity contribution in [3.05, 3.63) is 94.9 Å². The Hall–Kier alpha value is -4.04. The summed E-state index contributed by atoms with van der Waals surface area (Å²) in [6, 6.07) is 16.5. The van der Waals surface area contributed by atoms with E-state index in [2.05, 4.69) is 4.98 Å². The number of aliphatic hydroxyl groups is 1. The van der Waals surface area contributed by atoms with Gasteiger partial charge < -0.3 is 19.6 Å². The first-order valence-corrected chi connectivity index (χ1v) is 12.6. The highest BCUT2D eigenvalue weighted by Crippen LogP contribution is 2.28. The van der Waals surface area contributed by atoms with Crippen molar-refractivity contribution < 1.29 is 23.8 Å². The number of aliphatic hydroxyl groups excluding tert-OH is 1. The van der Waals surface area contributed by atoms with Gasteiger partial charge in [-0.1, -0.05) is 49.4 Å². The normalized spacial score (nSPS) is 18.3. The third kappa shape index (κ3) is 6.26. The first-order chi connectivity index (χ1) is 18.3. The molecule has 0 aliphatic carbocycles. The Morgan fingerprint density at radius 1 is 1.18 bits per heavy atom. The molecule has 3 atom stereocenters. The van der Waals surface area contributed by atoms with Crippen LogP contribution in [0.4, 0.5) is 4.39 Å². The minimum absolute atomic E-state index is 0.177. The number of nitrogens with zero attached hydrogens (tertiary/aromatic N) is 3. The van der Waals surface area contributed by atoms with Crippen LogP contribution in [0.15, 0.2) is 66.9 Å². The number of pyridine rings is 1. The van der Waals surface area contributed by atoms with Gasteiger partial charge in [0.05, 0.1) is 19.2 Å². The van der Waals surface area contributed by atoms with Crippen LogP contribution in [-0.2, 0) is 0 Å². The van der Waals surface area contributed by atoms with Crippen molar-refractivity contribution in [3.63, 3.8) is 0 Å². The van der Waals surface area contributed by atoms with Gasteiger partial charge in [0.15, 0.2) is 0 Å². The number of ether oxygens (including phenoxy) is 1. The summed E-state index contributed by atoms with van der Waals surface area (Å²) in [6.45, 7) is 4.09. The summed E-state index contributed by atoms with van der Waals surface area (Å²) in [5.41, 5.74) is 2.41. The minimum Gasteiger partial charge on any atom is -0.472 e. The maximum Gasteiger partial charge on any atom is 0.259 e. The second-order valence-electron chi connectivity index (χ2n) is 9.68. The zero-order valence-electron chi connectivity index (χ0n) is 21.8. The lowest BCUT2D eigenvalue weighted by Gasteiger charge is -2.37. The van der Waals surface area contributed by atoms with Gasteiger partial charge >= 0.3 is 0 Å². The van der Waals surface area contributed by atoms with E-state index in [-0.39, 0.29) is 36.8 Å². The Labute approximate surface area is 222 Å². The molecule has 2 heterocycles. The number of amides is 2. The maximum absolute atomic E-state index is 13.6. The van der Waals surface area contributed by atoms with E-state index in [1.807, 2.05) is 49.4 Å². The summed E-state index contributed by atoms with van der Waals surface area (Å²) in [4.78, 5) is 34.2. The van der Waals surface area contributed by atoms with E-state index in [1.165, 1.54) is 29.2 Å². The first-order valence-electron chi connectivity index (χ1n) is 12.6. The molecule has 8 heteroatoms. The Kier molecular flexibility index (Phi) is 8.53. The van der Waals surface area contributed by atoms with E-state index in [0.717, 1.165) is 11.1 Å². The molecule has 0 radical (unpaired) electrons. The third-order valence-corrected chi connectivity index (χ3v) is 6.70. The molecule has 0 bridgehead atoms. The average Bonchev–Trinajstić information content (AvgIpc) is 2.94. The van der Waals surface area contributed by atoms with Gasteiger partial charge in [0.25, 0.3) is 11.8 Å².